The van der Waals surface area contributed by atoms with Gasteiger partial charge < -0.3 is 14.7 Å². The minimum Gasteiger partial charge on any atom is -0.389 e. The number of fused-ring (bicyclic) bond motifs is 2. The highest BCUT2D eigenvalue weighted by Gasteiger charge is 2.45. The third kappa shape index (κ3) is 3.92. The average Bonchev–Trinajstić information content (AvgIpc) is 2.68. The summed E-state index contributed by atoms with van der Waals surface area (Å²) in [7, 11) is 1.52. The SMILES string of the molecule is COCC(=O)N1CCC2(O)CCN(Cc3cc(=O)n4c(C)cccc4n3)CC2C1. The van der Waals surface area contributed by atoms with Crippen LogP contribution in [0.1, 0.15) is 24.2 Å². The van der Waals surface area contributed by atoms with Gasteiger partial charge in [0.25, 0.3) is 5.56 Å². The van der Waals surface area contributed by atoms with Crippen molar-refractivity contribution in [1.82, 2.24) is 19.2 Å². The number of hydrogen-bond donors (Lipinski definition) is 1. The van der Waals surface area contributed by atoms with Gasteiger partial charge in [-0.1, -0.05) is 6.07 Å². The first-order valence-electron chi connectivity index (χ1n) is 10.1. The number of rotatable bonds is 4. The number of aromatic nitrogens is 2. The van der Waals surface area contributed by atoms with Gasteiger partial charge in [0.1, 0.15) is 12.3 Å². The van der Waals surface area contributed by atoms with Crippen LogP contribution in [0.3, 0.4) is 0 Å². The van der Waals surface area contributed by atoms with Crippen molar-refractivity contribution in [2.75, 3.05) is 39.9 Å². The molecule has 1 amide bonds. The first-order valence-corrected chi connectivity index (χ1v) is 10.1. The van der Waals surface area contributed by atoms with Crippen molar-refractivity contribution >= 4 is 11.6 Å². The van der Waals surface area contributed by atoms with Gasteiger partial charge in [-0.2, -0.15) is 0 Å². The van der Waals surface area contributed by atoms with E-state index in [2.05, 4.69) is 9.88 Å². The van der Waals surface area contributed by atoms with E-state index in [9.17, 15) is 14.7 Å². The van der Waals surface area contributed by atoms with Crippen molar-refractivity contribution < 1.29 is 14.6 Å². The zero-order valence-electron chi connectivity index (χ0n) is 17.0. The van der Waals surface area contributed by atoms with Crippen LogP contribution >= 0.6 is 0 Å². The molecular formula is C21H28N4O4. The Morgan fingerprint density at radius 3 is 2.90 bits per heavy atom. The molecule has 4 rings (SSSR count). The zero-order valence-corrected chi connectivity index (χ0v) is 17.0. The van der Waals surface area contributed by atoms with Crippen LogP contribution in [-0.2, 0) is 16.1 Å². The molecule has 2 aliphatic rings. The number of methoxy groups -OCH3 is 1. The van der Waals surface area contributed by atoms with Crippen molar-refractivity contribution in [2.24, 2.45) is 5.92 Å². The summed E-state index contributed by atoms with van der Waals surface area (Å²) in [5, 5.41) is 11.1. The van der Waals surface area contributed by atoms with Crippen LogP contribution in [0, 0.1) is 12.8 Å². The molecular weight excluding hydrogens is 372 g/mol. The summed E-state index contributed by atoms with van der Waals surface area (Å²) in [5.41, 5.74) is 1.43. The van der Waals surface area contributed by atoms with Crippen LogP contribution in [0.25, 0.3) is 5.65 Å². The summed E-state index contributed by atoms with van der Waals surface area (Å²) in [6, 6.07) is 7.22. The summed E-state index contributed by atoms with van der Waals surface area (Å²) >= 11 is 0. The Morgan fingerprint density at radius 1 is 1.31 bits per heavy atom. The summed E-state index contributed by atoms with van der Waals surface area (Å²) in [4.78, 5) is 33.4. The van der Waals surface area contributed by atoms with Gasteiger partial charge in [0.05, 0.1) is 11.3 Å². The van der Waals surface area contributed by atoms with E-state index in [1.807, 2.05) is 25.1 Å². The van der Waals surface area contributed by atoms with Crippen LogP contribution in [-0.4, -0.2) is 75.7 Å². The lowest BCUT2D eigenvalue weighted by atomic mass is 9.75. The summed E-state index contributed by atoms with van der Waals surface area (Å²) in [5.74, 6) is -0.0548. The fourth-order valence-corrected chi connectivity index (χ4v) is 4.63. The number of amides is 1. The number of nitrogens with zero attached hydrogens (tertiary/aromatic N) is 4. The van der Waals surface area contributed by atoms with Crippen LogP contribution in [0.2, 0.25) is 0 Å². The van der Waals surface area contributed by atoms with Crippen molar-refractivity contribution in [3.63, 3.8) is 0 Å². The molecule has 0 saturated carbocycles. The molecule has 0 spiro atoms. The molecule has 2 aromatic heterocycles. The van der Waals surface area contributed by atoms with Gasteiger partial charge in [0.2, 0.25) is 5.91 Å². The molecule has 8 heteroatoms. The number of aryl methyl sites for hydroxylation is 1. The molecule has 29 heavy (non-hydrogen) atoms. The number of aliphatic hydroxyl groups is 1. The largest absolute Gasteiger partial charge is 0.389 e. The minimum absolute atomic E-state index is 0.0189. The van der Waals surface area contributed by atoms with E-state index in [1.165, 1.54) is 7.11 Å². The number of likely N-dealkylation sites (tertiary alicyclic amines) is 2. The van der Waals surface area contributed by atoms with Gasteiger partial charge in [0, 0.05) is 57.5 Å². The van der Waals surface area contributed by atoms with E-state index in [0.717, 1.165) is 17.9 Å². The third-order valence-electron chi connectivity index (χ3n) is 6.29. The van der Waals surface area contributed by atoms with E-state index in [-0.39, 0.29) is 24.0 Å². The Hall–Kier alpha value is -2.29. The van der Waals surface area contributed by atoms with Crippen LogP contribution < -0.4 is 5.56 Å². The van der Waals surface area contributed by atoms with Gasteiger partial charge >= 0.3 is 0 Å². The summed E-state index contributed by atoms with van der Waals surface area (Å²) < 4.78 is 6.58. The molecule has 0 bridgehead atoms. The normalized spacial score (nSPS) is 25.2. The number of pyridine rings is 1. The van der Waals surface area contributed by atoms with Crippen molar-refractivity contribution in [3.05, 3.63) is 46.0 Å². The minimum atomic E-state index is -0.728. The van der Waals surface area contributed by atoms with Crippen molar-refractivity contribution in [1.29, 1.82) is 0 Å². The van der Waals surface area contributed by atoms with E-state index in [0.29, 0.717) is 44.7 Å². The third-order valence-corrected chi connectivity index (χ3v) is 6.29. The highest BCUT2D eigenvalue weighted by atomic mass is 16.5. The predicted octanol–water partition coefficient (Wildman–Crippen LogP) is 0.435. The molecule has 0 aromatic carbocycles. The maximum absolute atomic E-state index is 12.5. The monoisotopic (exact) mass is 400 g/mol. The number of hydrogen-bond acceptors (Lipinski definition) is 6. The fraction of sp³-hybridized carbons (Fsp3) is 0.571. The molecule has 1 N–H and O–H groups in total. The lowest BCUT2D eigenvalue weighted by Crippen LogP contribution is -2.60. The number of carbonyl (C=O) groups is 1. The topological polar surface area (TPSA) is 87.4 Å². The van der Waals surface area contributed by atoms with Crippen molar-refractivity contribution in [3.8, 4) is 0 Å². The second-order valence-electron chi connectivity index (χ2n) is 8.25. The molecule has 8 nitrogen and oxygen atoms in total. The van der Waals surface area contributed by atoms with Gasteiger partial charge in [-0.15, -0.1) is 0 Å². The molecule has 0 aliphatic carbocycles. The molecule has 2 saturated heterocycles. The lowest BCUT2D eigenvalue weighted by molar-refractivity contribution is -0.150. The Bertz CT molecular complexity index is 975. The Balaban J connectivity index is 1.49. The maximum Gasteiger partial charge on any atom is 0.258 e. The molecule has 2 aliphatic heterocycles. The van der Waals surface area contributed by atoms with Crippen molar-refractivity contribution in [2.45, 2.75) is 31.9 Å². The molecule has 2 aromatic rings. The Labute approximate surface area is 169 Å². The highest BCUT2D eigenvalue weighted by molar-refractivity contribution is 5.77. The van der Waals surface area contributed by atoms with Gasteiger partial charge in [-0.25, -0.2) is 4.98 Å². The lowest BCUT2D eigenvalue weighted by Gasteiger charge is -2.50. The van der Waals surface area contributed by atoms with E-state index in [4.69, 9.17) is 4.74 Å². The molecule has 2 fully saturated rings. The molecule has 2 atom stereocenters. The van der Waals surface area contributed by atoms with Crippen LogP contribution in [0.15, 0.2) is 29.1 Å². The smallest absolute Gasteiger partial charge is 0.258 e. The Morgan fingerprint density at radius 2 is 2.10 bits per heavy atom. The summed E-state index contributed by atoms with van der Waals surface area (Å²) in [6.07, 6.45) is 1.26. The maximum atomic E-state index is 12.5. The van der Waals surface area contributed by atoms with E-state index >= 15 is 0 Å². The van der Waals surface area contributed by atoms with Crippen LogP contribution in [0.5, 0.6) is 0 Å². The molecule has 0 radical (unpaired) electrons. The number of piperidine rings is 2. The summed E-state index contributed by atoms with van der Waals surface area (Å²) in [6.45, 7) is 5.02. The van der Waals surface area contributed by atoms with Gasteiger partial charge in [-0.05, 0) is 31.9 Å². The van der Waals surface area contributed by atoms with Crippen LogP contribution in [0.4, 0.5) is 0 Å². The van der Waals surface area contributed by atoms with Gasteiger partial charge in [0.15, 0.2) is 0 Å². The average molecular weight is 400 g/mol. The van der Waals surface area contributed by atoms with E-state index in [1.54, 1.807) is 15.4 Å². The first kappa shape index (κ1) is 20.0. The quantitative estimate of drug-likeness (QED) is 0.801. The standard InChI is InChI=1S/C21H28N4O4/c1-15-4-3-5-18-22-17(10-19(26)25(15)18)13-23-8-6-21(28)7-9-24(12-16(21)11-23)20(27)14-29-2/h3-5,10,16,28H,6-9,11-14H2,1-2H3. The highest BCUT2D eigenvalue weighted by Crippen LogP contribution is 2.35. The number of carbonyl (C=O) groups excluding carboxylic acids is 1. The van der Waals surface area contributed by atoms with E-state index < -0.39 is 5.60 Å². The molecule has 156 valence electrons. The van der Waals surface area contributed by atoms with Gasteiger partial charge in [-0.3, -0.25) is 18.9 Å². The molecule has 2 unspecified atom stereocenters. The number of ether oxygens (including phenoxy) is 1. The Kier molecular flexibility index (Phi) is 5.42. The molecule has 4 heterocycles. The fourth-order valence-electron chi connectivity index (χ4n) is 4.63. The second-order valence-corrected chi connectivity index (χ2v) is 8.25. The second kappa shape index (κ2) is 7.85. The first-order chi connectivity index (χ1) is 13.9. The predicted molar refractivity (Wildman–Crippen MR) is 108 cm³/mol. The zero-order chi connectivity index (χ0) is 20.6.